The van der Waals surface area contributed by atoms with Crippen molar-refractivity contribution < 1.29 is 9.59 Å². The molecule has 3 aliphatic rings. The number of amides is 2. The highest BCUT2D eigenvalue weighted by atomic mass is 16.2. The Bertz CT molecular complexity index is 421. The average molecular weight is 292 g/mol. The summed E-state index contributed by atoms with van der Waals surface area (Å²) in [5.74, 6) is 1.15. The van der Waals surface area contributed by atoms with Gasteiger partial charge in [0.2, 0.25) is 11.8 Å². The van der Waals surface area contributed by atoms with E-state index in [1.807, 2.05) is 9.80 Å². The Morgan fingerprint density at radius 2 is 1.48 bits per heavy atom. The van der Waals surface area contributed by atoms with Crippen molar-refractivity contribution in [1.29, 1.82) is 0 Å². The number of carbonyl (C=O) groups excluding carboxylic acids is 2. The minimum atomic E-state index is -0.0188. The van der Waals surface area contributed by atoms with Crippen LogP contribution in [0.5, 0.6) is 0 Å². The van der Waals surface area contributed by atoms with Crippen LogP contribution in [0.25, 0.3) is 0 Å². The monoisotopic (exact) mass is 292 g/mol. The fraction of sp³-hybridized carbons (Fsp3) is 0.882. The molecule has 0 spiro atoms. The molecule has 0 aromatic carbocycles. The van der Waals surface area contributed by atoms with Gasteiger partial charge in [-0.15, -0.1) is 0 Å². The molecule has 0 aromatic rings. The van der Waals surface area contributed by atoms with Gasteiger partial charge < -0.3 is 9.80 Å². The first-order valence-electron chi connectivity index (χ1n) is 8.56. The van der Waals surface area contributed by atoms with Gasteiger partial charge in [0.05, 0.1) is 0 Å². The van der Waals surface area contributed by atoms with Gasteiger partial charge in [-0.2, -0.15) is 0 Å². The van der Waals surface area contributed by atoms with Crippen molar-refractivity contribution in [1.82, 2.24) is 9.80 Å². The third kappa shape index (κ3) is 2.69. The van der Waals surface area contributed by atoms with Crippen LogP contribution in [-0.2, 0) is 9.59 Å². The van der Waals surface area contributed by atoms with Crippen LogP contribution in [0.4, 0.5) is 0 Å². The minimum absolute atomic E-state index is 0.0188. The molecule has 2 atom stereocenters. The van der Waals surface area contributed by atoms with Gasteiger partial charge in [-0.25, -0.2) is 0 Å². The zero-order valence-electron chi connectivity index (χ0n) is 13.4. The third-order valence-electron chi connectivity index (χ3n) is 6.07. The van der Waals surface area contributed by atoms with E-state index < -0.39 is 0 Å². The summed E-state index contributed by atoms with van der Waals surface area (Å²) in [5.41, 5.74) is -0.0188. The summed E-state index contributed by atoms with van der Waals surface area (Å²) in [6.07, 6.45) is 6.13. The summed E-state index contributed by atoms with van der Waals surface area (Å²) in [5, 5.41) is 0. The minimum Gasteiger partial charge on any atom is -0.343 e. The molecule has 21 heavy (non-hydrogen) atoms. The van der Waals surface area contributed by atoms with Crippen LogP contribution >= 0.6 is 0 Å². The van der Waals surface area contributed by atoms with E-state index in [0.29, 0.717) is 24.2 Å². The van der Waals surface area contributed by atoms with E-state index in [9.17, 15) is 9.59 Å². The maximum absolute atomic E-state index is 12.6. The Morgan fingerprint density at radius 1 is 0.952 bits per heavy atom. The van der Waals surface area contributed by atoms with E-state index in [1.54, 1.807) is 0 Å². The highest BCUT2D eigenvalue weighted by Gasteiger charge is 2.53. The van der Waals surface area contributed by atoms with E-state index in [1.165, 1.54) is 0 Å². The molecule has 1 aliphatic carbocycles. The van der Waals surface area contributed by atoms with Crippen LogP contribution in [0.1, 0.15) is 52.4 Å². The molecule has 3 fully saturated rings. The van der Waals surface area contributed by atoms with Crippen LogP contribution in [0.3, 0.4) is 0 Å². The maximum Gasteiger partial charge on any atom is 0.226 e. The first kappa shape index (κ1) is 14.9. The van der Waals surface area contributed by atoms with Crippen LogP contribution in [0.2, 0.25) is 0 Å². The lowest BCUT2D eigenvalue weighted by molar-refractivity contribution is -0.155. The van der Waals surface area contributed by atoms with Gasteiger partial charge >= 0.3 is 0 Å². The first-order chi connectivity index (χ1) is 10.00. The molecule has 4 nitrogen and oxygen atoms in total. The zero-order chi connectivity index (χ0) is 15.0. The van der Waals surface area contributed by atoms with Crippen LogP contribution < -0.4 is 0 Å². The SMILES string of the molecule is CC1(C)[C@@H](CC(=O)N2CCCC2)C[C@H]1C(=O)N1CCCC1. The molecule has 0 bridgehead atoms. The highest BCUT2D eigenvalue weighted by Crippen LogP contribution is 2.53. The molecular weight excluding hydrogens is 264 g/mol. The predicted molar refractivity (Wildman–Crippen MR) is 81.6 cm³/mol. The molecule has 2 amide bonds. The molecule has 3 rings (SSSR count). The fourth-order valence-electron chi connectivity index (χ4n) is 4.25. The van der Waals surface area contributed by atoms with Gasteiger partial charge in [-0.05, 0) is 43.4 Å². The van der Waals surface area contributed by atoms with Gasteiger partial charge in [0.1, 0.15) is 0 Å². The Labute approximate surface area is 127 Å². The average Bonchev–Trinajstić information content (AvgIpc) is 3.14. The second kappa shape index (κ2) is 5.62. The number of likely N-dealkylation sites (tertiary alicyclic amines) is 2. The Hall–Kier alpha value is -1.06. The van der Waals surface area contributed by atoms with Gasteiger partial charge in [-0.1, -0.05) is 13.8 Å². The largest absolute Gasteiger partial charge is 0.343 e. The summed E-state index contributed by atoms with van der Waals surface area (Å²) in [7, 11) is 0. The standard InChI is InChI=1S/C17H28N2O2/c1-17(2)13(12-15(20)18-7-3-4-8-18)11-14(17)16(21)19-9-5-6-10-19/h13-14H,3-12H2,1-2H3/t13-,14+/m1/s1. The summed E-state index contributed by atoms with van der Waals surface area (Å²) in [4.78, 5) is 28.9. The van der Waals surface area contributed by atoms with Gasteiger partial charge in [0, 0.05) is 38.5 Å². The van der Waals surface area contributed by atoms with Crippen molar-refractivity contribution in [2.24, 2.45) is 17.3 Å². The first-order valence-corrected chi connectivity index (χ1v) is 8.56. The van der Waals surface area contributed by atoms with Crippen LogP contribution in [0.15, 0.2) is 0 Å². The molecule has 2 saturated heterocycles. The third-order valence-corrected chi connectivity index (χ3v) is 6.07. The quantitative estimate of drug-likeness (QED) is 0.801. The lowest BCUT2D eigenvalue weighted by Gasteiger charge is -2.52. The Balaban J connectivity index is 1.55. The number of carbonyl (C=O) groups is 2. The summed E-state index contributed by atoms with van der Waals surface area (Å²) in [6.45, 7) is 8.09. The molecule has 118 valence electrons. The van der Waals surface area contributed by atoms with Gasteiger partial charge in [0.15, 0.2) is 0 Å². The van der Waals surface area contributed by atoms with Crippen LogP contribution in [0, 0.1) is 17.3 Å². The molecule has 1 saturated carbocycles. The number of nitrogens with zero attached hydrogens (tertiary/aromatic N) is 2. The molecule has 0 radical (unpaired) electrons. The molecule has 4 heteroatoms. The predicted octanol–water partition coefficient (Wildman–Crippen LogP) is 2.28. The van der Waals surface area contributed by atoms with Crippen molar-refractivity contribution in [2.45, 2.75) is 52.4 Å². The van der Waals surface area contributed by atoms with Crippen molar-refractivity contribution in [2.75, 3.05) is 26.2 Å². The van der Waals surface area contributed by atoms with E-state index in [4.69, 9.17) is 0 Å². The number of hydrogen-bond donors (Lipinski definition) is 0. The zero-order valence-corrected chi connectivity index (χ0v) is 13.4. The highest BCUT2D eigenvalue weighted by molar-refractivity contribution is 5.82. The van der Waals surface area contributed by atoms with E-state index in [0.717, 1.165) is 58.3 Å². The molecular formula is C17H28N2O2. The van der Waals surface area contributed by atoms with Gasteiger partial charge in [0.25, 0.3) is 0 Å². The normalized spacial score (nSPS) is 31.3. The fourth-order valence-corrected chi connectivity index (χ4v) is 4.25. The van der Waals surface area contributed by atoms with Crippen molar-refractivity contribution >= 4 is 11.8 Å². The number of rotatable bonds is 3. The van der Waals surface area contributed by atoms with Crippen molar-refractivity contribution in [3.05, 3.63) is 0 Å². The summed E-state index contributed by atoms with van der Waals surface area (Å²) >= 11 is 0. The van der Waals surface area contributed by atoms with Crippen molar-refractivity contribution in [3.63, 3.8) is 0 Å². The lowest BCUT2D eigenvalue weighted by Crippen LogP contribution is -2.54. The van der Waals surface area contributed by atoms with Gasteiger partial charge in [-0.3, -0.25) is 9.59 Å². The topological polar surface area (TPSA) is 40.6 Å². The van der Waals surface area contributed by atoms with E-state index in [-0.39, 0.29) is 11.3 Å². The van der Waals surface area contributed by atoms with E-state index >= 15 is 0 Å². The van der Waals surface area contributed by atoms with Crippen molar-refractivity contribution in [3.8, 4) is 0 Å². The van der Waals surface area contributed by atoms with Crippen LogP contribution in [-0.4, -0.2) is 47.8 Å². The Kier molecular flexibility index (Phi) is 3.98. The molecule has 0 aromatic heterocycles. The molecule has 0 N–H and O–H groups in total. The molecule has 2 aliphatic heterocycles. The summed E-state index contributed by atoms with van der Waals surface area (Å²) < 4.78 is 0. The smallest absolute Gasteiger partial charge is 0.226 e. The molecule has 2 heterocycles. The maximum atomic E-state index is 12.6. The van der Waals surface area contributed by atoms with E-state index in [2.05, 4.69) is 13.8 Å². The molecule has 0 unspecified atom stereocenters. The second-order valence-electron chi connectivity index (χ2n) is 7.63. The lowest BCUT2D eigenvalue weighted by atomic mass is 9.53. The second-order valence-corrected chi connectivity index (χ2v) is 7.63. The number of hydrogen-bond acceptors (Lipinski definition) is 2. The Morgan fingerprint density at radius 3 is 2.00 bits per heavy atom. The summed E-state index contributed by atoms with van der Waals surface area (Å²) in [6, 6.07) is 0.